The Labute approximate surface area is 160 Å². The number of rotatable bonds is 7. The average molecular weight is 395 g/mol. The highest BCUT2D eigenvalue weighted by molar-refractivity contribution is 7.89. The van der Waals surface area contributed by atoms with Gasteiger partial charge in [-0.2, -0.15) is 0 Å². The number of nitrogens with one attached hydrogen (secondary N) is 1. The van der Waals surface area contributed by atoms with Gasteiger partial charge in [-0.25, -0.2) is 17.5 Å². The fourth-order valence-corrected chi connectivity index (χ4v) is 4.43. The first-order valence-electron chi connectivity index (χ1n) is 8.65. The second kappa shape index (κ2) is 8.27. The maximum atomic E-state index is 13.6. The zero-order valence-corrected chi connectivity index (χ0v) is 17.3. The molecule has 0 fully saturated rings. The van der Waals surface area contributed by atoms with Crippen LogP contribution in [0.5, 0.6) is 11.5 Å². The number of hydrogen-bond acceptors (Lipinski definition) is 4. The quantitative estimate of drug-likeness (QED) is 0.759. The Bertz CT molecular complexity index is 926. The zero-order valence-electron chi connectivity index (χ0n) is 16.5. The number of halogens is 1. The summed E-state index contributed by atoms with van der Waals surface area (Å²) in [5, 5.41) is 0. The number of methoxy groups -OCH3 is 2. The molecule has 0 saturated carbocycles. The van der Waals surface area contributed by atoms with Crippen LogP contribution in [0.15, 0.2) is 35.2 Å². The lowest BCUT2D eigenvalue weighted by Crippen LogP contribution is -2.28. The Morgan fingerprint density at radius 1 is 0.963 bits per heavy atom. The molecule has 0 radical (unpaired) electrons. The first kappa shape index (κ1) is 21.2. The van der Waals surface area contributed by atoms with E-state index in [-0.39, 0.29) is 16.6 Å². The predicted molar refractivity (Wildman–Crippen MR) is 104 cm³/mol. The van der Waals surface area contributed by atoms with Crippen LogP contribution in [0.25, 0.3) is 0 Å². The van der Waals surface area contributed by atoms with Gasteiger partial charge in [-0.15, -0.1) is 0 Å². The van der Waals surface area contributed by atoms with Crippen molar-refractivity contribution in [2.24, 2.45) is 0 Å². The van der Waals surface area contributed by atoms with E-state index >= 15 is 0 Å². The van der Waals surface area contributed by atoms with Gasteiger partial charge in [0, 0.05) is 6.04 Å². The molecule has 1 atom stereocenters. The number of ether oxygens (including phenoxy) is 2. The first-order valence-corrected chi connectivity index (χ1v) is 10.1. The lowest BCUT2D eigenvalue weighted by atomic mass is 9.94. The van der Waals surface area contributed by atoms with E-state index in [0.717, 1.165) is 34.6 Å². The molecular formula is C20H26FNO4S. The molecule has 0 aliphatic heterocycles. The Morgan fingerprint density at radius 2 is 1.59 bits per heavy atom. The molecule has 2 aromatic rings. The summed E-state index contributed by atoms with van der Waals surface area (Å²) in [5.74, 6) is 0.427. The molecular weight excluding hydrogens is 369 g/mol. The minimum absolute atomic E-state index is 0.0884. The Morgan fingerprint density at radius 3 is 2.15 bits per heavy atom. The molecule has 0 unspecified atom stereocenters. The lowest BCUT2D eigenvalue weighted by Gasteiger charge is -2.21. The van der Waals surface area contributed by atoms with Crippen LogP contribution in [-0.2, 0) is 10.0 Å². The van der Waals surface area contributed by atoms with Crippen LogP contribution < -0.4 is 14.2 Å². The van der Waals surface area contributed by atoms with Crippen molar-refractivity contribution in [3.8, 4) is 11.5 Å². The van der Waals surface area contributed by atoms with Crippen molar-refractivity contribution in [2.45, 2.75) is 44.6 Å². The fraction of sp³-hybridized carbons (Fsp3) is 0.400. The smallest absolute Gasteiger partial charge is 0.244 e. The number of sulfonamides is 1. The fourth-order valence-electron chi connectivity index (χ4n) is 3.03. The standard InChI is InChI=1S/C20H26FNO4S/c1-12(2)16-11-17(13(3)9-19(16)26-6)14(4)22-27(23,24)20-10-15(21)7-8-18(20)25-5/h7-12,14,22H,1-6H3/t14-/m1/s1. The minimum atomic E-state index is -3.98. The molecule has 0 heterocycles. The highest BCUT2D eigenvalue weighted by Gasteiger charge is 2.24. The Hall–Kier alpha value is -2.12. The molecule has 0 aliphatic carbocycles. The lowest BCUT2D eigenvalue weighted by molar-refractivity contribution is 0.400. The van der Waals surface area contributed by atoms with E-state index in [2.05, 4.69) is 4.72 Å². The van der Waals surface area contributed by atoms with Crippen molar-refractivity contribution in [2.75, 3.05) is 14.2 Å². The number of hydrogen-bond donors (Lipinski definition) is 1. The molecule has 0 aliphatic rings. The maximum Gasteiger partial charge on any atom is 0.244 e. The van der Waals surface area contributed by atoms with Gasteiger partial charge in [0.1, 0.15) is 22.2 Å². The van der Waals surface area contributed by atoms with Crippen LogP contribution in [0.4, 0.5) is 4.39 Å². The second-order valence-electron chi connectivity index (χ2n) is 6.74. The molecule has 2 rings (SSSR count). The van der Waals surface area contributed by atoms with Gasteiger partial charge in [-0.3, -0.25) is 0 Å². The number of benzene rings is 2. The molecule has 5 nitrogen and oxygen atoms in total. The van der Waals surface area contributed by atoms with Gasteiger partial charge in [0.15, 0.2) is 0 Å². The third-order valence-electron chi connectivity index (χ3n) is 4.45. The second-order valence-corrected chi connectivity index (χ2v) is 8.43. The molecule has 0 amide bonds. The average Bonchev–Trinajstić information content (AvgIpc) is 2.60. The van der Waals surface area contributed by atoms with Crippen LogP contribution in [-0.4, -0.2) is 22.6 Å². The Kier molecular flexibility index (Phi) is 6.49. The normalized spacial score (nSPS) is 12.9. The highest BCUT2D eigenvalue weighted by Crippen LogP contribution is 2.33. The summed E-state index contributed by atoms with van der Waals surface area (Å²) >= 11 is 0. The summed E-state index contributed by atoms with van der Waals surface area (Å²) in [5.41, 5.74) is 2.73. The molecule has 0 spiro atoms. The summed E-state index contributed by atoms with van der Waals surface area (Å²) in [6.45, 7) is 7.74. The third kappa shape index (κ3) is 4.59. The van der Waals surface area contributed by atoms with Crippen molar-refractivity contribution in [1.82, 2.24) is 4.72 Å². The van der Waals surface area contributed by atoms with Gasteiger partial charge in [0.2, 0.25) is 10.0 Å². The van der Waals surface area contributed by atoms with Gasteiger partial charge >= 0.3 is 0 Å². The van der Waals surface area contributed by atoms with Crippen LogP contribution in [0, 0.1) is 12.7 Å². The highest BCUT2D eigenvalue weighted by atomic mass is 32.2. The van der Waals surface area contributed by atoms with E-state index in [1.807, 2.05) is 32.9 Å². The van der Waals surface area contributed by atoms with Crippen molar-refractivity contribution < 1.29 is 22.3 Å². The summed E-state index contributed by atoms with van der Waals surface area (Å²) < 4.78 is 52.4. The molecule has 2 aromatic carbocycles. The molecule has 0 aromatic heterocycles. The zero-order chi connectivity index (χ0) is 20.4. The SMILES string of the molecule is COc1cc(C)c([C@@H](C)NS(=O)(=O)c2cc(F)ccc2OC)cc1C(C)C. The van der Waals surface area contributed by atoms with E-state index in [0.29, 0.717) is 0 Å². The molecule has 7 heteroatoms. The first-order chi connectivity index (χ1) is 12.6. The minimum Gasteiger partial charge on any atom is -0.496 e. The van der Waals surface area contributed by atoms with Crippen molar-refractivity contribution in [3.63, 3.8) is 0 Å². The van der Waals surface area contributed by atoms with Crippen LogP contribution >= 0.6 is 0 Å². The molecule has 0 saturated heterocycles. The van der Waals surface area contributed by atoms with Gasteiger partial charge in [0.25, 0.3) is 0 Å². The number of aryl methyl sites for hydroxylation is 1. The van der Waals surface area contributed by atoms with E-state index in [4.69, 9.17) is 9.47 Å². The molecule has 0 bridgehead atoms. The van der Waals surface area contributed by atoms with Gasteiger partial charge in [-0.05, 0) is 66.8 Å². The summed E-state index contributed by atoms with van der Waals surface area (Å²) in [7, 11) is -1.03. The van der Waals surface area contributed by atoms with E-state index in [1.54, 1.807) is 14.0 Å². The van der Waals surface area contributed by atoms with Crippen LogP contribution in [0.2, 0.25) is 0 Å². The third-order valence-corrected chi connectivity index (χ3v) is 6.02. The van der Waals surface area contributed by atoms with E-state index in [9.17, 15) is 12.8 Å². The topological polar surface area (TPSA) is 64.6 Å². The largest absolute Gasteiger partial charge is 0.496 e. The Balaban J connectivity index is 2.43. The molecule has 1 N–H and O–H groups in total. The van der Waals surface area contributed by atoms with Gasteiger partial charge in [-0.1, -0.05) is 13.8 Å². The van der Waals surface area contributed by atoms with Crippen LogP contribution in [0.1, 0.15) is 49.4 Å². The summed E-state index contributed by atoms with van der Waals surface area (Å²) in [6.07, 6.45) is 0. The van der Waals surface area contributed by atoms with E-state index in [1.165, 1.54) is 13.2 Å². The molecule has 148 valence electrons. The van der Waals surface area contributed by atoms with Crippen molar-refractivity contribution >= 4 is 10.0 Å². The van der Waals surface area contributed by atoms with Gasteiger partial charge in [0.05, 0.1) is 14.2 Å². The molecule has 27 heavy (non-hydrogen) atoms. The van der Waals surface area contributed by atoms with Gasteiger partial charge < -0.3 is 9.47 Å². The monoisotopic (exact) mass is 395 g/mol. The van der Waals surface area contributed by atoms with Crippen molar-refractivity contribution in [1.29, 1.82) is 0 Å². The maximum absolute atomic E-state index is 13.6. The van der Waals surface area contributed by atoms with Crippen LogP contribution in [0.3, 0.4) is 0 Å². The predicted octanol–water partition coefficient (Wildman–Crippen LogP) is 4.31. The van der Waals surface area contributed by atoms with E-state index < -0.39 is 21.9 Å². The van der Waals surface area contributed by atoms with Crippen molar-refractivity contribution in [3.05, 3.63) is 52.8 Å². The summed E-state index contributed by atoms with van der Waals surface area (Å²) in [4.78, 5) is -0.230. The summed E-state index contributed by atoms with van der Waals surface area (Å²) in [6, 6.07) is 6.74.